The molecule has 1 aromatic heterocycles. The zero-order chi connectivity index (χ0) is 16.3. The molecule has 0 fully saturated rings. The fourth-order valence-electron chi connectivity index (χ4n) is 2.29. The van der Waals surface area contributed by atoms with Crippen LogP contribution >= 0.6 is 23.2 Å². The lowest BCUT2D eigenvalue weighted by Crippen LogP contribution is -2.27. The Morgan fingerprint density at radius 2 is 2.09 bits per heavy atom. The number of benzene rings is 1. The quantitative estimate of drug-likeness (QED) is 0.508. The molecule has 0 aliphatic heterocycles. The highest BCUT2D eigenvalue weighted by atomic mass is 35.5. The monoisotopic (exact) mass is 340 g/mol. The average Bonchev–Trinajstić information content (AvgIpc) is 2.93. The summed E-state index contributed by atoms with van der Waals surface area (Å²) in [4.78, 5) is 4.00. The maximum Gasteiger partial charge on any atom is 0.137 e. The van der Waals surface area contributed by atoms with Gasteiger partial charge in [-0.3, -0.25) is 0 Å². The maximum atomic E-state index is 9.44. The summed E-state index contributed by atoms with van der Waals surface area (Å²) in [6.45, 7) is 6.29. The lowest BCUT2D eigenvalue weighted by atomic mass is 9.83. The zero-order valence-corrected chi connectivity index (χ0v) is 14.2. The third kappa shape index (κ3) is 3.78. The van der Waals surface area contributed by atoms with E-state index in [-0.39, 0.29) is 11.5 Å². The highest BCUT2D eigenvalue weighted by Gasteiger charge is 2.29. The largest absolute Gasteiger partial charge is 0.411 e. The molecule has 2 rings (SSSR count). The van der Waals surface area contributed by atoms with Gasteiger partial charge in [0.05, 0.1) is 16.8 Å². The summed E-state index contributed by atoms with van der Waals surface area (Å²) < 4.78 is 1.77. The van der Waals surface area contributed by atoms with Crippen molar-refractivity contribution in [2.75, 3.05) is 0 Å². The van der Waals surface area contributed by atoms with E-state index in [4.69, 9.17) is 23.2 Å². The van der Waals surface area contributed by atoms with Crippen molar-refractivity contribution in [3.05, 3.63) is 46.5 Å². The fraction of sp³-hybridized carbons (Fsp3) is 0.400. The van der Waals surface area contributed by atoms with Gasteiger partial charge in [0.1, 0.15) is 12.7 Å². The van der Waals surface area contributed by atoms with E-state index >= 15 is 0 Å². The van der Waals surface area contributed by atoms with Crippen molar-refractivity contribution in [1.29, 1.82) is 0 Å². The third-order valence-electron chi connectivity index (χ3n) is 3.51. The molecule has 2 aromatic rings. The van der Waals surface area contributed by atoms with Crippen LogP contribution < -0.4 is 0 Å². The molecule has 5 nitrogen and oxygen atoms in total. The fourth-order valence-corrected chi connectivity index (χ4v) is 2.80. The van der Waals surface area contributed by atoms with Gasteiger partial charge in [0.25, 0.3) is 0 Å². The second-order valence-corrected chi connectivity index (χ2v) is 6.98. The predicted molar refractivity (Wildman–Crippen MR) is 87.9 cm³/mol. The van der Waals surface area contributed by atoms with Crippen LogP contribution in [0.3, 0.4) is 0 Å². The van der Waals surface area contributed by atoms with Gasteiger partial charge in [-0.05, 0) is 17.5 Å². The van der Waals surface area contributed by atoms with Crippen molar-refractivity contribution in [2.24, 2.45) is 10.6 Å². The van der Waals surface area contributed by atoms with Gasteiger partial charge in [-0.25, -0.2) is 9.67 Å². The van der Waals surface area contributed by atoms with Crippen molar-refractivity contribution in [3.63, 3.8) is 0 Å². The Morgan fingerprint density at radius 3 is 2.59 bits per heavy atom. The Morgan fingerprint density at radius 1 is 1.36 bits per heavy atom. The van der Waals surface area contributed by atoms with E-state index in [1.807, 2.05) is 0 Å². The summed E-state index contributed by atoms with van der Waals surface area (Å²) in [6.07, 6.45) is 3.61. The van der Waals surface area contributed by atoms with Gasteiger partial charge >= 0.3 is 0 Å². The van der Waals surface area contributed by atoms with Gasteiger partial charge in [-0.1, -0.05) is 55.2 Å². The molecule has 1 atom stereocenters. The second kappa shape index (κ2) is 6.67. The predicted octanol–water partition coefficient (Wildman–Crippen LogP) is 4.44. The van der Waals surface area contributed by atoms with E-state index in [2.05, 4.69) is 36.0 Å². The zero-order valence-electron chi connectivity index (χ0n) is 12.7. The summed E-state index contributed by atoms with van der Waals surface area (Å²) in [6, 6.07) is 5.06. The summed E-state index contributed by atoms with van der Waals surface area (Å²) in [5, 5.41) is 18.1. The minimum absolute atomic E-state index is 0.0346. The molecule has 0 bridgehead atoms. The van der Waals surface area contributed by atoms with E-state index in [0.717, 1.165) is 0 Å². The summed E-state index contributed by atoms with van der Waals surface area (Å²) >= 11 is 12.1. The lowest BCUT2D eigenvalue weighted by Gasteiger charge is -2.30. The van der Waals surface area contributed by atoms with Gasteiger partial charge in [-0.2, -0.15) is 5.10 Å². The van der Waals surface area contributed by atoms with Crippen LogP contribution in [0.1, 0.15) is 38.8 Å². The number of hydrogen-bond donors (Lipinski definition) is 1. The van der Waals surface area contributed by atoms with Crippen LogP contribution in [0.2, 0.25) is 10.0 Å². The van der Waals surface area contributed by atoms with Crippen molar-refractivity contribution in [2.45, 2.75) is 33.2 Å². The average molecular weight is 341 g/mol. The van der Waals surface area contributed by atoms with Crippen LogP contribution in [-0.2, 0) is 0 Å². The van der Waals surface area contributed by atoms with Gasteiger partial charge in [0.15, 0.2) is 0 Å². The molecule has 0 saturated heterocycles. The van der Waals surface area contributed by atoms with E-state index < -0.39 is 0 Å². The van der Waals surface area contributed by atoms with Gasteiger partial charge in [0.2, 0.25) is 0 Å². The van der Waals surface area contributed by atoms with Crippen molar-refractivity contribution in [1.82, 2.24) is 14.8 Å². The van der Waals surface area contributed by atoms with Crippen LogP contribution in [0, 0.1) is 5.41 Å². The van der Waals surface area contributed by atoms with Crippen molar-refractivity contribution >= 4 is 28.9 Å². The minimum atomic E-state index is -0.109. The van der Waals surface area contributed by atoms with E-state index in [9.17, 15) is 5.21 Å². The number of oxime groups is 1. The first-order valence-electron chi connectivity index (χ1n) is 6.83. The van der Waals surface area contributed by atoms with Crippen LogP contribution in [0.5, 0.6) is 0 Å². The van der Waals surface area contributed by atoms with Crippen molar-refractivity contribution in [3.8, 4) is 0 Å². The molecule has 1 aromatic carbocycles. The summed E-state index contributed by atoms with van der Waals surface area (Å²) in [5.74, 6) is 0. The topological polar surface area (TPSA) is 63.3 Å². The first-order valence-corrected chi connectivity index (χ1v) is 7.59. The Hall–Kier alpha value is -1.59. The maximum absolute atomic E-state index is 9.44. The first kappa shape index (κ1) is 16.8. The second-order valence-electron chi connectivity index (χ2n) is 6.13. The van der Waals surface area contributed by atoms with Crippen molar-refractivity contribution < 1.29 is 5.21 Å². The number of aromatic nitrogens is 3. The highest BCUT2D eigenvalue weighted by Crippen LogP contribution is 2.34. The molecule has 22 heavy (non-hydrogen) atoms. The number of hydrogen-bond acceptors (Lipinski definition) is 4. The van der Waals surface area contributed by atoms with E-state index in [1.54, 1.807) is 29.2 Å². The molecule has 0 aliphatic carbocycles. The van der Waals surface area contributed by atoms with E-state index in [0.29, 0.717) is 27.7 Å². The Labute approximate surface area is 139 Å². The Bertz CT molecular complexity index is 663. The van der Waals surface area contributed by atoms with Crippen LogP contribution in [0.4, 0.5) is 0 Å². The standard InChI is InChI=1S/C15H18Cl2N4O/c1-15(2,3)14(21-9-18-8-19-21)7-13(20-22)11-5-4-10(16)6-12(11)17/h4-6,8-9,14,22H,7H2,1-3H3/b20-13+. The molecule has 118 valence electrons. The number of halogens is 2. The molecule has 1 heterocycles. The normalized spacial score (nSPS) is 14.1. The molecule has 1 unspecified atom stereocenters. The molecule has 7 heteroatoms. The SMILES string of the molecule is CC(C)(C)C(C/C(=N\O)c1ccc(Cl)cc1Cl)n1cncn1. The molecular weight excluding hydrogens is 323 g/mol. The molecule has 0 aliphatic rings. The third-order valence-corrected chi connectivity index (χ3v) is 4.05. The highest BCUT2D eigenvalue weighted by molar-refractivity contribution is 6.37. The summed E-state index contributed by atoms with van der Waals surface area (Å²) in [5.41, 5.74) is 1.03. The number of nitrogens with zero attached hydrogens (tertiary/aromatic N) is 4. The molecule has 1 N–H and O–H groups in total. The van der Waals surface area contributed by atoms with Crippen LogP contribution in [0.25, 0.3) is 0 Å². The smallest absolute Gasteiger partial charge is 0.137 e. The van der Waals surface area contributed by atoms with E-state index in [1.165, 1.54) is 6.33 Å². The number of rotatable bonds is 4. The Balaban J connectivity index is 2.35. The molecular formula is C15H18Cl2N4O. The Kier molecular flexibility index (Phi) is 5.08. The van der Waals surface area contributed by atoms with Gasteiger partial charge < -0.3 is 5.21 Å². The van der Waals surface area contributed by atoms with Crippen LogP contribution in [-0.4, -0.2) is 25.7 Å². The molecule has 0 saturated carbocycles. The molecule has 0 spiro atoms. The molecule has 0 radical (unpaired) electrons. The van der Waals surface area contributed by atoms with Gasteiger partial charge in [0, 0.05) is 17.0 Å². The first-order chi connectivity index (χ1) is 10.3. The van der Waals surface area contributed by atoms with Crippen LogP contribution in [0.15, 0.2) is 36.0 Å². The molecule has 0 amide bonds. The van der Waals surface area contributed by atoms with Gasteiger partial charge in [-0.15, -0.1) is 0 Å². The summed E-state index contributed by atoms with van der Waals surface area (Å²) in [7, 11) is 0. The lowest BCUT2D eigenvalue weighted by molar-refractivity contribution is 0.228. The minimum Gasteiger partial charge on any atom is -0.411 e.